The Bertz CT molecular complexity index is 854. The van der Waals surface area contributed by atoms with E-state index in [1.165, 1.54) is 6.21 Å². The average Bonchev–Trinajstić information content (AvgIpc) is 2.71. The molecule has 2 aromatic carbocycles. The van der Waals surface area contributed by atoms with E-state index >= 15 is 0 Å². The highest BCUT2D eigenvalue weighted by Crippen LogP contribution is 2.23. The highest BCUT2D eigenvalue weighted by Gasteiger charge is 2.11. The SMILES string of the molecule is CCOCCCNC(=O)C(=O)N/N=C\c1cc(Cl)ccc1Nc1ccc(C)cc1. The lowest BCUT2D eigenvalue weighted by atomic mass is 10.1. The van der Waals surface area contributed by atoms with E-state index < -0.39 is 11.8 Å². The maximum Gasteiger partial charge on any atom is 0.329 e. The van der Waals surface area contributed by atoms with Crippen LogP contribution >= 0.6 is 11.6 Å². The Kier molecular flexibility index (Phi) is 9.14. The molecule has 0 aliphatic carbocycles. The standard InChI is InChI=1S/C21H25ClN4O3/c1-3-29-12-4-11-23-20(27)21(28)26-24-14-16-13-17(22)7-10-19(16)25-18-8-5-15(2)6-9-18/h5-10,13-14,25H,3-4,11-12H2,1-2H3,(H,23,27)(H,26,28)/b24-14-. The second-order valence-corrected chi connectivity index (χ2v) is 6.66. The van der Waals surface area contributed by atoms with Crippen molar-refractivity contribution < 1.29 is 14.3 Å². The molecule has 7 nitrogen and oxygen atoms in total. The molecule has 0 atom stereocenters. The van der Waals surface area contributed by atoms with E-state index in [4.69, 9.17) is 16.3 Å². The first-order valence-corrected chi connectivity index (χ1v) is 9.69. The zero-order chi connectivity index (χ0) is 21.1. The topological polar surface area (TPSA) is 91.8 Å². The molecule has 2 aromatic rings. The number of anilines is 2. The Morgan fingerprint density at radius 1 is 1.14 bits per heavy atom. The van der Waals surface area contributed by atoms with Crippen LogP contribution in [0.25, 0.3) is 0 Å². The monoisotopic (exact) mass is 416 g/mol. The van der Waals surface area contributed by atoms with E-state index in [0.29, 0.717) is 36.8 Å². The molecule has 29 heavy (non-hydrogen) atoms. The molecule has 0 fully saturated rings. The van der Waals surface area contributed by atoms with E-state index in [2.05, 4.69) is 21.2 Å². The van der Waals surface area contributed by atoms with Crippen LogP contribution in [0.15, 0.2) is 47.6 Å². The van der Waals surface area contributed by atoms with Crippen molar-refractivity contribution >= 4 is 41.0 Å². The Morgan fingerprint density at radius 3 is 2.62 bits per heavy atom. The quantitative estimate of drug-likeness (QED) is 0.253. The zero-order valence-electron chi connectivity index (χ0n) is 16.5. The van der Waals surface area contributed by atoms with Crippen LogP contribution in [0.5, 0.6) is 0 Å². The predicted octanol–water partition coefficient (Wildman–Crippen LogP) is 3.38. The van der Waals surface area contributed by atoms with Gasteiger partial charge in [-0.1, -0.05) is 29.3 Å². The van der Waals surface area contributed by atoms with Gasteiger partial charge >= 0.3 is 11.8 Å². The van der Waals surface area contributed by atoms with Crippen LogP contribution in [0.1, 0.15) is 24.5 Å². The Morgan fingerprint density at radius 2 is 1.90 bits per heavy atom. The fourth-order valence-electron chi connectivity index (χ4n) is 2.36. The van der Waals surface area contributed by atoms with Gasteiger partial charge in [0.05, 0.1) is 6.21 Å². The summed E-state index contributed by atoms with van der Waals surface area (Å²) in [6.07, 6.45) is 2.06. The summed E-state index contributed by atoms with van der Waals surface area (Å²) in [6.45, 7) is 5.41. The second-order valence-electron chi connectivity index (χ2n) is 6.23. The lowest BCUT2D eigenvalue weighted by molar-refractivity contribution is -0.139. The summed E-state index contributed by atoms with van der Waals surface area (Å²) < 4.78 is 5.17. The van der Waals surface area contributed by atoms with Crippen LogP contribution in [-0.2, 0) is 14.3 Å². The molecule has 0 spiro atoms. The number of benzene rings is 2. The summed E-state index contributed by atoms with van der Waals surface area (Å²) in [5, 5.41) is 10.2. The number of rotatable bonds is 9. The van der Waals surface area contributed by atoms with Gasteiger partial charge in [-0.05, 0) is 50.6 Å². The van der Waals surface area contributed by atoms with Crippen LogP contribution in [0.3, 0.4) is 0 Å². The molecule has 0 saturated carbocycles. The molecule has 3 N–H and O–H groups in total. The number of nitrogens with zero attached hydrogens (tertiary/aromatic N) is 1. The fraction of sp³-hybridized carbons (Fsp3) is 0.286. The van der Waals surface area contributed by atoms with Crippen molar-refractivity contribution in [3.05, 3.63) is 58.6 Å². The molecule has 0 saturated heterocycles. The number of hydrogen-bond donors (Lipinski definition) is 3. The van der Waals surface area contributed by atoms with E-state index in [0.717, 1.165) is 16.9 Å². The van der Waals surface area contributed by atoms with E-state index in [9.17, 15) is 9.59 Å². The highest BCUT2D eigenvalue weighted by molar-refractivity contribution is 6.35. The maximum atomic E-state index is 11.8. The van der Waals surface area contributed by atoms with Gasteiger partial charge in [-0.2, -0.15) is 5.10 Å². The van der Waals surface area contributed by atoms with Crippen molar-refractivity contribution in [1.29, 1.82) is 0 Å². The minimum atomic E-state index is -0.840. The molecule has 0 radical (unpaired) electrons. The van der Waals surface area contributed by atoms with Gasteiger partial charge in [0.1, 0.15) is 0 Å². The van der Waals surface area contributed by atoms with Crippen LogP contribution in [0, 0.1) is 6.92 Å². The molecule has 154 valence electrons. The van der Waals surface area contributed by atoms with Gasteiger partial charge < -0.3 is 15.4 Å². The molecular weight excluding hydrogens is 392 g/mol. The number of carbonyl (C=O) groups excluding carboxylic acids is 2. The average molecular weight is 417 g/mol. The number of amides is 2. The lowest BCUT2D eigenvalue weighted by Gasteiger charge is -2.10. The molecule has 0 aromatic heterocycles. The third-order valence-electron chi connectivity index (χ3n) is 3.88. The Balaban J connectivity index is 1.93. The van der Waals surface area contributed by atoms with Crippen molar-refractivity contribution in [3.63, 3.8) is 0 Å². The summed E-state index contributed by atoms with van der Waals surface area (Å²) in [5.74, 6) is -1.59. The first-order valence-electron chi connectivity index (χ1n) is 9.32. The fourth-order valence-corrected chi connectivity index (χ4v) is 2.54. The largest absolute Gasteiger partial charge is 0.382 e. The number of nitrogens with one attached hydrogen (secondary N) is 3. The Hall–Kier alpha value is -2.90. The molecule has 2 rings (SSSR count). The van der Waals surface area contributed by atoms with Crippen molar-refractivity contribution in [3.8, 4) is 0 Å². The predicted molar refractivity (Wildman–Crippen MR) is 116 cm³/mol. The smallest absolute Gasteiger partial charge is 0.329 e. The lowest BCUT2D eigenvalue weighted by Crippen LogP contribution is -2.38. The van der Waals surface area contributed by atoms with Crippen LogP contribution in [0.2, 0.25) is 5.02 Å². The van der Waals surface area contributed by atoms with Crippen molar-refractivity contribution in [2.45, 2.75) is 20.3 Å². The third-order valence-corrected chi connectivity index (χ3v) is 4.11. The van der Waals surface area contributed by atoms with Crippen molar-refractivity contribution in [2.75, 3.05) is 25.1 Å². The molecule has 0 aliphatic heterocycles. The van der Waals surface area contributed by atoms with Crippen LogP contribution in [-0.4, -0.2) is 37.8 Å². The minimum Gasteiger partial charge on any atom is -0.382 e. The summed E-state index contributed by atoms with van der Waals surface area (Å²) in [5.41, 5.74) is 5.71. The number of hydrogen-bond acceptors (Lipinski definition) is 5. The van der Waals surface area contributed by atoms with Gasteiger partial charge in [0.15, 0.2) is 0 Å². The molecule has 0 heterocycles. The van der Waals surface area contributed by atoms with E-state index in [-0.39, 0.29) is 0 Å². The summed E-state index contributed by atoms with van der Waals surface area (Å²) >= 11 is 6.07. The molecular formula is C21H25ClN4O3. The van der Waals surface area contributed by atoms with Crippen molar-refractivity contribution in [2.24, 2.45) is 5.10 Å². The normalized spacial score (nSPS) is 10.7. The second kappa shape index (κ2) is 11.8. The third kappa shape index (κ3) is 7.93. The van der Waals surface area contributed by atoms with Crippen LogP contribution < -0.4 is 16.1 Å². The summed E-state index contributed by atoms with van der Waals surface area (Å²) in [4.78, 5) is 23.6. The number of ether oxygens (including phenoxy) is 1. The number of aryl methyl sites for hydroxylation is 1. The summed E-state index contributed by atoms with van der Waals surface area (Å²) in [6, 6.07) is 13.2. The van der Waals surface area contributed by atoms with Crippen molar-refractivity contribution in [1.82, 2.24) is 10.7 Å². The Labute approximate surface area is 175 Å². The van der Waals surface area contributed by atoms with Gasteiger partial charge in [0.25, 0.3) is 0 Å². The number of hydrazone groups is 1. The number of halogens is 1. The first kappa shape index (κ1) is 22.4. The first-order chi connectivity index (χ1) is 14.0. The van der Waals surface area contributed by atoms with Gasteiger partial charge in [0.2, 0.25) is 0 Å². The van der Waals surface area contributed by atoms with Gasteiger partial charge in [-0.3, -0.25) is 9.59 Å². The number of carbonyl (C=O) groups is 2. The molecule has 0 unspecified atom stereocenters. The van der Waals surface area contributed by atoms with Crippen LogP contribution in [0.4, 0.5) is 11.4 Å². The van der Waals surface area contributed by atoms with E-state index in [1.54, 1.807) is 12.1 Å². The zero-order valence-corrected chi connectivity index (χ0v) is 17.3. The highest BCUT2D eigenvalue weighted by atomic mass is 35.5. The molecule has 0 aliphatic rings. The molecule has 8 heteroatoms. The van der Waals surface area contributed by atoms with Gasteiger partial charge in [0, 0.05) is 41.7 Å². The minimum absolute atomic E-state index is 0.356. The molecule has 2 amide bonds. The molecule has 0 bridgehead atoms. The van der Waals surface area contributed by atoms with Gasteiger partial charge in [-0.15, -0.1) is 0 Å². The maximum absolute atomic E-state index is 11.8. The van der Waals surface area contributed by atoms with E-state index in [1.807, 2.05) is 44.2 Å². The van der Waals surface area contributed by atoms with Gasteiger partial charge in [-0.25, -0.2) is 5.43 Å². The summed E-state index contributed by atoms with van der Waals surface area (Å²) in [7, 11) is 0.